The molecule has 182 valence electrons. The second kappa shape index (κ2) is 9.42. The molecule has 4 fully saturated rings. The number of anilines is 1. The highest BCUT2D eigenvalue weighted by atomic mass is 16.6. The Balaban J connectivity index is 1.29. The van der Waals surface area contributed by atoms with Crippen molar-refractivity contribution in [3.8, 4) is 0 Å². The molecule has 1 saturated carbocycles. The molecule has 2 atom stereocenters. The summed E-state index contributed by atoms with van der Waals surface area (Å²) in [5.41, 5.74) is -1.78. The van der Waals surface area contributed by atoms with Gasteiger partial charge in [0.1, 0.15) is 25.0 Å². The van der Waals surface area contributed by atoms with Crippen LogP contribution in [0.1, 0.15) is 50.7 Å². The van der Waals surface area contributed by atoms with Crippen molar-refractivity contribution in [1.82, 2.24) is 15.0 Å². The number of hydrogen-bond acceptors (Lipinski definition) is 8. The van der Waals surface area contributed by atoms with Gasteiger partial charge in [0, 0.05) is 24.7 Å². The summed E-state index contributed by atoms with van der Waals surface area (Å²) in [4.78, 5) is 37.9. The van der Waals surface area contributed by atoms with Gasteiger partial charge in [-0.15, -0.1) is 0 Å². The first kappa shape index (κ1) is 22.9. The van der Waals surface area contributed by atoms with Gasteiger partial charge in [-0.2, -0.15) is 0 Å². The Kier molecular flexibility index (Phi) is 6.35. The molecule has 10 nitrogen and oxygen atoms in total. The summed E-state index contributed by atoms with van der Waals surface area (Å²) in [5, 5.41) is 14.4. The van der Waals surface area contributed by atoms with Crippen molar-refractivity contribution < 1.29 is 28.3 Å². The lowest BCUT2D eigenvalue weighted by atomic mass is 9.75. The first-order valence-corrected chi connectivity index (χ1v) is 12.2. The average molecular weight is 471 g/mol. The van der Waals surface area contributed by atoms with Crippen LogP contribution in [0.2, 0.25) is 0 Å². The second-order valence-corrected chi connectivity index (χ2v) is 10.00. The van der Waals surface area contributed by atoms with Crippen LogP contribution in [0, 0.1) is 11.8 Å². The molecule has 3 saturated heterocycles. The van der Waals surface area contributed by atoms with Gasteiger partial charge in [0.15, 0.2) is 12.6 Å². The number of piperidine rings is 3. The summed E-state index contributed by atoms with van der Waals surface area (Å²) < 4.78 is 12.1. The lowest BCUT2D eigenvalue weighted by Gasteiger charge is -2.51. The molecule has 1 unspecified atom stereocenters. The summed E-state index contributed by atoms with van der Waals surface area (Å²) in [7, 11) is 0. The zero-order valence-electron chi connectivity index (χ0n) is 19.3. The van der Waals surface area contributed by atoms with E-state index in [1.54, 1.807) is 12.1 Å². The second-order valence-electron chi connectivity index (χ2n) is 10.00. The van der Waals surface area contributed by atoms with Crippen molar-refractivity contribution in [3.05, 3.63) is 36.8 Å². The van der Waals surface area contributed by atoms with E-state index < -0.39 is 11.6 Å². The number of carbonyl (C=O) groups excluding carboxylic acids is 2. The molecule has 0 radical (unpaired) electrons. The first-order valence-electron chi connectivity index (χ1n) is 12.2. The van der Waals surface area contributed by atoms with Crippen LogP contribution in [0.5, 0.6) is 0 Å². The van der Waals surface area contributed by atoms with Crippen LogP contribution in [-0.2, 0) is 19.9 Å². The summed E-state index contributed by atoms with van der Waals surface area (Å²) in [6.45, 7) is 2.53. The molecule has 34 heavy (non-hydrogen) atoms. The van der Waals surface area contributed by atoms with Crippen LogP contribution in [0.15, 0.2) is 35.5 Å². The molecule has 10 heteroatoms. The highest BCUT2D eigenvalue weighted by Gasteiger charge is 2.54. The Morgan fingerprint density at radius 2 is 1.88 bits per heavy atom. The standard InChI is InChI=1S/C24H31N5O5/c30-21(28-23-26-15-25-16-27-23)14-29-10-8-17(9-11-29)19(13-29)34-22(31)24(32,20-7-4-12-33-20)18-5-2-1-3-6-18/h4,7,12,15-19,32H,1-3,5-6,8-11,13-14H2/p+1/t17?,19?,24-,29?/m1/s1. The van der Waals surface area contributed by atoms with E-state index in [-0.39, 0.29) is 42.1 Å². The van der Waals surface area contributed by atoms with Crippen molar-refractivity contribution in [2.24, 2.45) is 11.8 Å². The van der Waals surface area contributed by atoms with E-state index in [1.165, 1.54) is 18.9 Å². The van der Waals surface area contributed by atoms with Gasteiger partial charge in [0.05, 0.1) is 19.4 Å². The van der Waals surface area contributed by atoms with Crippen LogP contribution < -0.4 is 5.32 Å². The number of carbonyl (C=O) groups is 2. The number of nitrogens with one attached hydrogen (secondary N) is 1. The number of furan rings is 1. The predicted molar refractivity (Wildman–Crippen MR) is 120 cm³/mol. The zero-order chi connectivity index (χ0) is 23.6. The Hall–Kier alpha value is -2.85. The molecule has 5 heterocycles. The molecule has 2 aromatic heterocycles. The monoisotopic (exact) mass is 470 g/mol. The molecule has 4 aliphatic rings. The summed E-state index contributed by atoms with van der Waals surface area (Å²) in [5.74, 6) is -0.305. The molecular weight excluding hydrogens is 438 g/mol. The third kappa shape index (κ3) is 4.44. The minimum Gasteiger partial charge on any atom is -0.466 e. The molecular formula is C24H32N5O5+. The SMILES string of the molecule is O=C(C[N+]12CCC(CC1)C(OC(=O)[C@](O)(c1ccco1)C1CCCCC1)C2)Nc1ncncn1. The van der Waals surface area contributed by atoms with Crippen molar-refractivity contribution in [2.45, 2.75) is 56.7 Å². The van der Waals surface area contributed by atoms with Gasteiger partial charge in [-0.25, -0.2) is 19.7 Å². The number of quaternary nitrogens is 1. The molecule has 1 aliphatic carbocycles. The number of rotatable bonds is 7. The number of fused-ring (bicyclic) bond motifs is 3. The van der Waals surface area contributed by atoms with E-state index in [1.807, 2.05) is 0 Å². The number of ether oxygens (including phenoxy) is 1. The average Bonchev–Trinajstić information content (AvgIpc) is 3.40. The van der Waals surface area contributed by atoms with Crippen molar-refractivity contribution in [3.63, 3.8) is 0 Å². The number of aromatic nitrogens is 3. The molecule has 6 rings (SSSR count). The molecule has 3 aliphatic heterocycles. The molecule has 2 bridgehead atoms. The van der Waals surface area contributed by atoms with Gasteiger partial charge < -0.3 is 18.7 Å². The number of aliphatic hydroxyl groups is 1. The molecule has 0 spiro atoms. The van der Waals surface area contributed by atoms with Gasteiger partial charge >= 0.3 is 5.97 Å². The number of hydrogen-bond donors (Lipinski definition) is 2. The largest absolute Gasteiger partial charge is 0.466 e. The van der Waals surface area contributed by atoms with E-state index in [4.69, 9.17) is 9.15 Å². The Morgan fingerprint density at radius 1 is 1.15 bits per heavy atom. The minimum absolute atomic E-state index is 0.175. The number of amides is 1. The van der Waals surface area contributed by atoms with Gasteiger partial charge in [0.25, 0.3) is 5.91 Å². The maximum atomic E-state index is 13.5. The summed E-state index contributed by atoms with van der Waals surface area (Å²) >= 11 is 0. The Bertz CT molecular complexity index is 986. The zero-order valence-corrected chi connectivity index (χ0v) is 19.3. The predicted octanol–water partition coefficient (Wildman–Crippen LogP) is 2.02. The fourth-order valence-corrected chi connectivity index (χ4v) is 6.06. The van der Waals surface area contributed by atoms with Crippen LogP contribution in [0.4, 0.5) is 5.95 Å². The fraction of sp³-hybridized carbons (Fsp3) is 0.625. The highest BCUT2D eigenvalue weighted by molar-refractivity contribution is 5.89. The lowest BCUT2D eigenvalue weighted by Crippen LogP contribution is -2.66. The quantitative estimate of drug-likeness (QED) is 0.465. The van der Waals surface area contributed by atoms with Crippen LogP contribution in [0.25, 0.3) is 0 Å². The van der Waals surface area contributed by atoms with Crippen LogP contribution >= 0.6 is 0 Å². The van der Waals surface area contributed by atoms with Gasteiger partial charge in [-0.3, -0.25) is 10.1 Å². The minimum atomic E-state index is -1.78. The van der Waals surface area contributed by atoms with E-state index in [0.717, 1.165) is 58.0 Å². The number of esters is 1. The van der Waals surface area contributed by atoms with Crippen molar-refractivity contribution in [1.29, 1.82) is 0 Å². The third-order valence-electron chi connectivity index (χ3n) is 7.93. The maximum absolute atomic E-state index is 13.5. The molecule has 2 N–H and O–H groups in total. The topological polar surface area (TPSA) is 127 Å². The van der Waals surface area contributed by atoms with Gasteiger partial charge in [0.2, 0.25) is 11.5 Å². The smallest absolute Gasteiger partial charge is 0.346 e. The lowest BCUT2D eigenvalue weighted by molar-refractivity contribution is -0.939. The molecule has 1 amide bonds. The third-order valence-corrected chi connectivity index (χ3v) is 7.93. The molecule has 0 aromatic carbocycles. The van der Waals surface area contributed by atoms with E-state index in [0.29, 0.717) is 11.0 Å². The Labute approximate surface area is 198 Å². The molecule has 2 aromatic rings. The van der Waals surface area contributed by atoms with E-state index >= 15 is 0 Å². The maximum Gasteiger partial charge on any atom is 0.346 e. The van der Waals surface area contributed by atoms with Crippen LogP contribution in [-0.4, -0.2) is 68.7 Å². The summed E-state index contributed by atoms with van der Waals surface area (Å²) in [6.07, 6.45) is 10.1. The van der Waals surface area contributed by atoms with E-state index in [2.05, 4.69) is 20.3 Å². The highest BCUT2D eigenvalue weighted by Crippen LogP contribution is 2.42. The number of nitrogens with zero attached hydrogens (tertiary/aromatic N) is 4. The van der Waals surface area contributed by atoms with Crippen LogP contribution in [0.3, 0.4) is 0 Å². The van der Waals surface area contributed by atoms with Gasteiger partial charge in [-0.1, -0.05) is 19.3 Å². The van der Waals surface area contributed by atoms with Gasteiger partial charge in [-0.05, 0) is 25.0 Å². The Morgan fingerprint density at radius 3 is 2.56 bits per heavy atom. The van der Waals surface area contributed by atoms with Crippen molar-refractivity contribution >= 4 is 17.8 Å². The normalized spacial score (nSPS) is 28.7. The van der Waals surface area contributed by atoms with Crippen molar-refractivity contribution in [2.75, 3.05) is 31.5 Å². The fourth-order valence-electron chi connectivity index (χ4n) is 6.06. The summed E-state index contributed by atoms with van der Waals surface area (Å²) in [6, 6.07) is 3.35. The van der Waals surface area contributed by atoms with E-state index in [9.17, 15) is 14.7 Å². The first-order chi connectivity index (χ1) is 16.5.